The Balaban J connectivity index is 2.86. The quantitative estimate of drug-likeness (QED) is 0.810. The van der Waals surface area contributed by atoms with E-state index in [4.69, 9.17) is 17.3 Å². The third-order valence-electron chi connectivity index (χ3n) is 1.95. The van der Waals surface area contributed by atoms with E-state index in [1.54, 1.807) is 17.8 Å². The topological polar surface area (TPSA) is 55.1 Å². The number of carbonyl (C=O) groups is 1. The summed E-state index contributed by atoms with van der Waals surface area (Å²) in [5, 5.41) is 3.89. The highest BCUT2D eigenvalue weighted by Gasteiger charge is 2.09. The summed E-state index contributed by atoms with van der Waals surface area (Å²) in [5.41, 5.74) is 6.10. The molecule has 17 heavy (non-hydrogen) atoms. The van der Waals surface area contributed by atoms with Gasteiger partial charge in [-0.15, -0.1) is 11.8 Å². The van der Waals surface area contributed by atoms with Gasteiger partial charge in [0, 0.05) is 28.1 Å². The lowest BCUT2D eigenvalue weighted by Crippen LogP contribution is -2.16. The lowest BCUT2D eigenvalue weighted by molar-refractivity contribution is -0.116. The van der Waals surface area contributed by atoms with Crippen molar-refractivity contribution in [3.8, 4) is 0 Å². The molecule has 0 fully saturated rings. The number of hydrogen-bond acceptors (Lipinski definition) is 3. The van der Waals surface area contributed by atoms with Gasteiger partial charge in [0.1, 0.15) is 0 Å². The Morgan fingerprint density at radius 1 is 1.53 bits per heavy atom. The van der Waals surface area contributed by atoms with Gasteiger partial charge in [0.15, 0.2) is 0 Å². The number of thioether (sulfide) groups is 1. The van der Waals surface area contributed by atoms with Gasteiger partial charge < -0.3 is 11.1 Å². The van der Waals surface area contributed by atoms with E-state index in [0.717, 1.165) is 10.6 Å². The normalized spacial score (nSPS) is 10.6. The number of anilines is 1. The van der Waals surface area contributed by atoms with Crippen LogP contribution in [0.2, 0.25) is 5.02 Å². The maximum absolute atomic E-state index is 11.5. The molecule has 1 amide bonds. The molecular weight excluding hydrogens is 256 g/mol. The molecule has 5 heteroatoms. The number of hydrogen-bond donors (Lipinski definition) is 2. The van der Waals surface area contributed by atoms with Crippen molar-refractivity contribution < 1.29 is 4.79 Å². The van der Waals surface area contributed by atoms with Crippen molar-refractivity contribution in [3.05, 3.63) is 23.2 Å². The van der Waals surface area contributed by atoms with E-state index in [2.05, 4.69) is 19.2 Å². The lowest BCUT2D eigenvalue weighted by Gasteiger charge is -2.12. The van der Waals surface area contributed by atoms with Crippen LogP contribution in [0.5, 0.6) is 0 Å². The fourth-order valence-electron chi connectivity index (χ4n) is 1.30. The van der Waals surface area contributed by atoms with Gasteiger partial charge in [-0.3, -0.25) is 4.79 Å². The van der Waals surface area contributed by atoms with Crippen molar-refractivity contribution in [2.45, 2.75) is 30.4 Å². The molecule has 0 aliphatic rings. The molecule has 0 saturated carbocycles. The predicted octanol–water partition coefficient (Wildman–Crippen LogP) is 3.13. The van der Waals surface area contributed by atoms with Gasteiger partial charge in [0.2, 0.25) is 5.91 Å². The summed E-state index contributed by atoms with van der Waals surface area (Å²) in [6.07, 6.45) is 0.318. The summed E-state index contributed by atoms with van der Waals surface area (Å²) in [6.45, 7) is 4.55. The van der Waals surface area contributed by atoms with E-state index in [-0.39, 0.29) is 5.91 Å². The molecule has 94 valence electrons. The van der Waals surface area contributed by atoms with Crippen molar-refractivity contribution in [1.82, 2.24) is 0 Å². The van der Waals surface area contributed by atoms with Crippen LogP contribution in [0.4, 0.5) is 5.69 Å². The number of nitrogens with one attached hydrogen (secondary N) is 1. The first-order valence-corrected chi connectivity index (χ1v) is 6.75. The Labute approximate surface area is 111 Å². The van der Waals surface area contributed by atoms with Gasteiger partial charge in [0.05, 0.1) is 5.69 Å². The van der Waals surface area contributed by atoms with Gasteiger partial charge in [-0.25, -0.2) is 0 Å². The summed E-state index contributed by atoms with van der Waals surface area (Å²) in [6, 6.07) is 5.51. The van der Waals surface area contributed by atoms with Crippen LogP contribution in [-0.4, -0.2) is 17.7 Å². The summed E-state index contributed by atoms with van der Waals surface area (Å²) in [7, 11) is 0. The second-order valence-electron chi connectivity index (χ2n) is 3.89. The fourth-order valence-corrected chi connectivity index (χ4v) is 2.36. The monoisotopic (exact) mass is 272 g/mol. The Morgan fingerprint density at radius 2 is 2.24 bits per heavy atom. The van der Waals surface area contributed by atoms with Gasteiger partial charge in [-0.1, -0.05) is 25.4 Å². The molecule has 0 spiro atoms. The Hall–Kier alpha value is -0.710. The zero-order valence-corrected chi connectivity index (χ0v) is 11.6. The molecule has 0 unspecified atom stereocenters. The van der Waals surface area contributed by atoms with E-state index >= 15 is 0 Å². The number of halogens is 1. The molecular formula is C12H17ClN2OS. The maximum atomic E-state index is 11.5. The van der Waals surface area contributed by atoms with E-state index in [1.165, 1.54) is 0 Å². The smallest absolute Gasteiger partial charge is 0.225 e. The van der Waals surface area contributed by atoms with Crippen molar-refractivity contribution in [3.63, 3.8) is 0 Å². The first-order valence-electron chi connectivity index (χ1n) is 5.49. The molecule has 0 heterocycles. The van der Waals surface area contributed by atoms with Crippen LogP contribution in [0, 0.1) is 0 Å². The van der Waals surface area contributed by atoms with Crippen LogP contribution >= 0.6 is 23.4 Å². The molecule has 3 N–H and O–H groups in total. The summed E-state index contributed by atoms with van der Waals surface area (Å²) in [5.74, 6) is -0.0830. The molecule has 3 nitrogen and oxygen atoms in total. The predicted molar refractivity (Wildman–Crippen MR) is 74.7 cm³/mol. The average Bonchev–Trinajstić information content (AvgIpc) is 2.22. The van der Waals surface area contributed by atoms with Gasteiger partial charge >= 0.3 is 0 Å². The SMILES string of the molecule is CC(C)Sc1ccc(Cl)cc1NC(=O)CCN. The summed E-state index contributed by atoms with van der Waals surface area (Å²) < 4.78 is 0. The fraction of sp³-hybridized carbons (Fsp3) is 0.417. The number of rotatable bonds is 5. The summed E-state index contributed by atoms with van der Waals surface area (Å²) in [4.78, 5) is 12.5. The number of benzene rings is 1. The van der Waals surface area contributed by atoms with Crippen LogP contribution in [0.1, 0.15) is 20.3 Å². The molecule has 1 aromatic carbocycles. The minimum absolute atomic E-state index is 0.0830. The average molecular weight is 273 g/mol. The highest BCUT2D eigenvalue weighted by molar-refractivity contribution is 8.00. The molecule has 0 aliphatic carbocycles. The van der Waals surface area contributed by atoms with E-state index < -0.39 is 0 Å². The molecule has 0 radical (unpaired) electrons. The zero-order chi connectivity index (χ0) is 12.8. The second kappa shape index (κ2) is 6.89. The molecule has 0 bridgehead atoms. The van der Waals surface area contributed by atoms with E-state index in [0.29, 0.717) is 23.2 Å². The highest BCUT2D eigenvalue weighted by atomic mass is 35.5. The van der Waals surface area contributed by atoms with Gasteiger partial charge in [-0.05, 0) is 18.2 Å². The number of carbonyl (C=O) groups excluding carboxylic acids is 1. The van der Waals surface area contributed by atoms with Crippen LogP contribution < -0.4 is 11.1 Å². The maximum Gasteiger partial charge on any atom is 0.225 e. The van der Waals surface area contributed by atoms with Gasteiger partial charge in [0.25, 0.3) is 0 Å². The standard InChI is InChI=1S/C12H17ClN2OS/c1-8(2)17-11-4-3-9(13)7-10(11)15-12(16)5-6-14/h3-4,7-8H,5-6,14H2,1-2H3,(H,15,16). The van der Waals surface area contributed by atoms with E-state index in [1.807, 2.05) is 12.1 Å². The van der Waals surface area contributed by atoms with Crippen molar-refractivity contribution in [2.75, 3.05) is 11.9 Å². The van der Waals surface area contributed by atoms with Crippen molar-refractivity contribution in [2.24, 2.45) is 5.73 Å². The zero-order valence-electron chi connectivity index (χ0n) is 10.00. The van der Waals surface area contributed by atoms with Gasteiger partial charge in [-0.2, -0.15) is 0 Å². The van der Waals surface area contributed by atoms with Crippen molar-refractivity contribution in [1.29, 1.82) is 0 Å². The molecule has 0 aromatic heterocycles. The van der Waals surface area contributed by atoms with Crippen LogP contribution in [0.15, 0.2) is 23.1 Å². The Morgan fingerprint density at radius 3 is 2.82 bits per heavy atom. The molecule has 0 saturated heterocycles. The second-order valence-corrected chi connectivity index (χ2v) is 5.95. The lowest BCUT2D eigenvalue weighted by atomic mass is 10.3. The Bertz CT molecular complexity index is 396. The number of amides is 1. The largest absolute Gasteiger partial charge is 0.330 e. The third kappa shape index (κ3) is 4.98. The molecule has 1 rings (SSSR count). The van der Waals surface area contributed by atoms with Crippen molar-refractivity contribution >= 4 is 35.0 Å². The minimum Gasteiger partial charge on any atom is -0.330 e. The first-order chi connectivity index (χ1) is 8.02. The third-order valence-corrected chi connectivity index (χ3v) is 3.27. The van der Waals surface area contributed by atoms with Crippen LogP contribution in [0.25, 0.3) is 0 Å². The number of nitrogens with two attached hydrogens (primary N) is 1. The Kier molecular flexibility index (Phi) is 5.82. The summed E-state index contributed by atoms with van der Waals surface area (Å²) >= 11 is 7.62. The molecule has 0 atom stereocenters. The van der Waals surface area contributed by atoms with Crippen LogP contribution in [0.3, 0.4) is 0 Å². The highest BCUT2D eigenvalue weighted by Crippen LogP contribution is 2.32. The van der Waals surface area contributed by atoms with E-state index in [9.17, 15) is 4.79 Å². The molecule has 0 aliphatic heterocycles. The first kappa shape index (κ1) is 14.4. The minimum atomic E-state index is -0.0830. The van der Waals surface area contributed by atoms with Crippen LogP contribution in [-0.2, 0) is 4.79 Å². The molecule has 1 aromatic rings.